The van der Waals surface area contributed by atoms with Gasteiger partial charge < -0.3 is 0 Å². The fraction of sp³-hybridized carbons (Fsp3) is 0.385. The van der Waals surface area contributed by atoms with E-state index in [0.29, 0.717) is 6.04 Å². The lowest BCUT2D eigenvalue weighted by atomic mass is 10.0. The highest BCUT2D eigenvalue weighted by atomic mass is 14.9. The Labute approximate surface area is 86.5 Å². The van der Waals surface area contributed by atoms with Crippen LogP contribution in [-0.2, 0) is 0 Å². The lowest BCUT2D eigenvalue weighted by Gasteiger charge is -2.14. The van der Waals surface area contributed by atoms with Crippen LogP contribution in [0, 0.1) is 18.8 Å². The molecule has 1 nitrogen and oxygen atoms in total. The molecule has 14 heavy (non-hydrogen) atoms. The normalized spacial score (nSPS) is 11.6. The molecule has 0 heterocycles. The van der Waals surface area contributed by atoms with E-state index >= 15 is 0 Å². The second kappa shape index (κ2) is 5.47. The molecule has 1 N–H and O–H groups in total. The third-order valence-electron chi connectivity index (χ3n) is 2.33. The van der Waals surface area contributed by atoms with Crippen molar-refractivity contribution in [3.63, 3.8) is 0 Å². The van der Waals surface area contributed by atoms with Crippen LogP contribution in [0.3, 0.4) is 0 Å². The van der Waals surface area contributed by atoms with Crippen molar-refractivity contribution < 1.29 is 0 Å². The van der Waals surface area contributed by atoms with Crippen molar-refractivity contribution in [3.05, 3.63) is 35.4 Å². The summed E-state index contributed by atoms with van der Waals surface area (Å²) in [6, 6.07) is 8.81. The Morgan fingerprint density at radius 3 is 2.71 bits per heavy atom. The molecule has 0 aliphatic carbocycles. The van der Waals surface area contributed by atoms with Crippen LogP contribution in [-0.4, -0.2) is 6.54 Å². The third-order valence-corrected chi connectivity index (χ3v) is 2.33. The molecule has 1 aromatic rings. The molecule has 0 fully saturated rings. The van der Waals surface area contributed by atoms with E-state index in [1.807, 2.05) is 6.92 Å². The Kier molecular flexibility index (Phi) is 4.22. The third kappa shape index (κ3) is 2.90. The van der Waals surface area contributed by atoms with E-state index in [9.17, 15) is 0 Å². The predicted molar refractivity (Wildman–Crippen MR) is 61.0 cm³/mol. The summed E-state index contributed by atoms with van der Waals surface area (Å²) in [5.74, 6) is 5.88. The Bertz CT molecular complexity index is 344. The molecular formula is C13H17N. The van der Waals surface area contributed by atoms with Gasteiger partial charge in [0, 0.05) is 6.04 Å². The van der Waals surface area contributed by atoms with Gasteiger partial charge in [0.1, 0.15) is 0 Å². The molecule has 1 rings (SSSR count). The van der Waals surface area contributed by atoms with Crippen molar-refractivity contribution in [2.24, 2.45) is 0 Å². The number of benzene rings is 1. The molecule has 0 saturated carbocycles. The van der Waals surface area contributed by atoms with Gasteiger partial charge in [-0.15, -0.1) is 5.92 Å². The average Bonchev–Trinajstić information content (AvgIpc) is 2.18. The van der Waals surface area contributed by atoms with Crippen molar-refractivity contribution in [3.8, 4) is 11.8 Å². The topological polar surface area (TPSA) is 12.0 Å². The maximum atomic E-state index is 3.37. The van der Waals surface area contributed by atoms with Crippen molar-refractivity contribution >= 4 is 0 Å². The summed E-state index contributed by atoms with van der Waals surface area (Å²) in [7, 11) is 0. The lowest BCUT2D eigenvalue weighted by Crippen LogP contribution is -2.19. The van der Waals surface area contributed by atoms with E-state index in [1.54, 1.807) is 0 Å². The summed E-state index contributed by atoms with van der Waals surface area (Å²) in [6.07, 6.45) is 0. The summed E-state index contributed by atoms with van der Waals surface area (Å²) in [5.41, 5.74) is 2.68. The Hall–Kier alpha value is -1.26. The van der Waals surface area contributed by atoms with Crippen molar-refractivity contribution in [2.45, 2.75) is 26.8 Å². The van der Waals surface area contributed by atoms with Crippen molar-refractivity contribution in [2.75, 3.05) is 6.54 Å². The quantitative estimate of drug-likeness (QED) is 0.717. The highest BCUT2D eigenvalue weighted by Crippen LogP contribution is 2.15. The SMILES string of the molecule is CC#CCNC(C)c1ccccc1C. The van der Waals surface area contributed by atoms with E-state index in [2.05, 4.69) is 55.3 Å². The highest BCUT2D eigenvalue weighted by molar-refractivity contribution is 5.28. The first-order valence-corrected chi connectivity index (χ1v) is 4.94. The zero-order chi connectivity index (χ0) is 10.4. The Balaban J connectivity index is 2.63. The van der Waals surface area contributed by atoms with Gasteiger partial charge in [-0.05, 0) is 31.9 Å². The number of rotatable bonds is 3. The van der Waals surface area contributed by atoms with E-state index in [1.165, 1.54) is 11.1 Å². The van der Waals surface area contributed by atoms with Crippen LogP contribution in [0.25, 0.3) is 0 Å². The lowest BCUT2D eigenvalue weighted by molar-refractivity contribution is 0.620. The van der Waals surface area contributed by atoms with E-state index in [0.717, 1.165) is 6.54 Å². The molecule has 0 bridgehead atoms. The molecule has 1 heteroatoms. The maximum absolute atomic E-state index is 3.37. The molecule has 0 radical (unpaired) electrons. The van der Waals surface area contributed by atoms with Gasteiger partial charge in [0.05, 0.1) is 6.54 Å². The Morgan fingerprint density at radius 1 is 1.36 bits per heavy atom. The predicted octanol–water partition coefficient (Wildman–Crippen LogP) is 2.67. The minimum Gasteiger partial charge on any atom is -0.300 e. The van der Waals surface area contributed by atoms with Gasteiger partial charge in [-0.2, -0.15) is 0 Å². The van der Waals surface area contributed by atoms with E-state index in [4.69, 9.17) is 0 Å². The second-order valence-corrected chi connectivity index (χ2v) is 3.39. The van der Waals surface area contributed by atoms with Gasteiger partial charge in [0.2, 0.25) is 0 Å². The van der Waals surface area contributed by atoms with Gasteiger partial charge in [-0.1, -0.05) is 30.2 Å². The smallest absolute Gasteiger partial charge is 0.0581 e. The molecule has 1 aromatic carbocycles. The molecule has 0 aliphatic heterocycles. The Morgan fingerprint density at radius 2 is 2.07 bits per heavy atom. The van der Waals surface area contributed by atoms with Gasteiger partial charge in [0.25, 0.3) is 0 Å². The molecule has 0 aromatic heterocycles. The van der Waals surface area contributed by atoms with Crippen LogP contribution >= 0.6 is 0 Å². The largest absolute Gasteiger partial charge is 0.300 e. The molecule has 0 aliphatic rings. The molecule has 1 unspecified atom stereocenters. The summed E-state index contributed by atoms with van der Waals surface area (Å²) >= 11 is 0. The van der Waals surface area contributed by atoms with Gasteiger partial charge in [-0.3, -0.25) is 5.32 Å². The van der Waals surface area contributed by atoms with Gasteiger partial charge in [0.15, 0.2) is 0 Å². The first kappa shape index (κ1) is 10.8. The summed E-state index contributed by atoms with van der Waals surface area (Å²) in [4.78, 5) is 0. The zero-order valence-corrected chi connectivity index (χ0v) is 9.09. The first-order valence-electron chi connectivity index (χ1n) is 4.94. The molecular weight excluding hydrogens is 170 g/mol. The van der Waals surface area contributed by atoms with Crippen LogP contribution in [0.5, 0.6) is 0 Å². The number of hydrogen-bond acceptors (Lipinski definition) is 1. The van der Waals surface area contributed by atoms with Crippen LogP contribution in [0.1, 0.15) is 31.0 Å². The van der Waals surface area contributed by atoms with Crippen LogP contribution < -0.4 is 5.32 Å². The summed E-state index contributed by atoms with van der Waals surface area (Å²) < 4.78 is 0. The number of hydrogen-bond donors (Lipinski definition) is 1. The van der Waals surface area contributed by atoms with Gasteiger partial charge >= 0.3 is 0 Å². The minimum atomic E-state index is 0.372. The van der Waals surface area contributed by atoms with Crippen LogP contribution in [0.4, 0.5) is 0 Å². The summed E-state index contributed by atoms with van der Waals surface area (Å²) in [5, 5.41) is 3.37. The van der Waals surface area contributed by atoms with Crippen LogP contribution in [0.2, 0.25) is 0 Å². The number of aryl methyl sites for hydroxylation is 1. The van der Waals surface area contributed by atoms with E-state index < -0.39 is 0 Å². The van der Waals surface area contributed by atoms with E-state index in [-0.39, 0.29) is 0 Å². The fourth-order valence-electron chi connectivity index (χ4n) is 1.48. The molecule has 1 atom stereocenters. The number of nitrogens with one attached hydrogen (secondary N) is 1. The minimum absolute atomic E-state index is 0.372. The average molecular weight is 187 g/mol. The maximum Gasteiger partial charge on any atom is 0.0581 e. The second-order valence-electron chi connectivity index (χ2n) is 3.39. The zero-order valence-electron chi connectivity index (χ0n) is 9.09. The molecule has 0 amide bonds. The van der Waals surface area contributed by atoms with Crippen molar-refractivity contribution in [1.82, 2.24) is 5.32 Å². The summed E-state index contributed by atoms with van der Waals surface area (Å²) in [6.45, 7) is 6.92. The molecule has 0 saturated heterocycles. The standard InChI is InChI=1S/C13H17N/c1-4-5-10-14-12(3)13-9-7-6-8-11(13)2/h6-9,12,14H,10H2,1-3H3. The van der Waals surface area contributed by atoms with Crippen LogP contribution in [0.15, 0.2) is 24.3 Å². The highest BCUT2D eigenvalue weighted by Gasteiger charge is 2.05. The monoisotopic (exact) mass is 187 g/mol. The fourth-order valence-corrected chi connectivity index (χ4v) is 1.48. The van der Waals surface area contributed by atoms with Crippen molar-refractivity contribution in [1.29, 1.82) is 0 Å². The molecule has 0 spiro atoms. The molecule has 74 valence electrons. The first-order chi connectivity index (χ1) is 6.75. The van der Waals surface area contributed by atoms with Gasteiger partial charge in [-0.25, -0.2) is 0 Å².